The largest absolute Gasteiger partial charge is 0.495 e. The molecule has 7 nitrogen and oxygen atoms in total. The number of nitrogens with two attached hydrogens (primary N) is 1. The van der Waals surface area contributed by atoms with Gasteiger partial charge >= 0.3 is 0 Å². The minimum absolute atomic E-state index is 0.0377. The molecule has 0 aliphatic carbocycles. The molecule has 1 amide bonds. The first-order valence-electron chi connectivity index (χ1n) is 6.44. The monoisotopic (exact) mass is 357 g/mol. The third-order valence-corrected chi connectivity index (χ3v) is 3.40. The second-order valence-electron chi connectivity index (χ2n) is 4.65. The number of hydrogen-bond acceptors (Lipinski definition) is 4. The molecule has 0 spiro atoms. The Morgan fingerprint density at radius 2 is 1.83 bits per heavy atom. The van der Waals surface area contributed by atoms with E-state index in [1.165, 1.54) is 31.4 Å². The number of anilines is 2. The van der Waals surface area contributed by atoms with Crippen LogP contribution in [0.5, 0.6) is 5.75 Å². The van der Waals surface area contributed by atoms with Crippen LogP contribution in [0.2, 0.25) is 0 Å². The molecule has 0 fully saturated rings. The SMILES string of the molecule is COc1ccc(C(=O)Nc2ccc(F)c(F)c2)cc1NS(N)(=O)=O. The van der Waals surface area contributed by atoms with Gasteiger partial charge in [-0.3, -0.25) is 9.52 Å². The van der Waals surface area contributed by atoms with E-state index in [0.29, 0.717) is 0 Å². The molecule has 0 aliphatic rings. The molecule has 0 radical (unpaired) electrons. The van der Waals surface area contributed by atoms with Gasteiger partial charge in [0.05, 0.1) is 12.8 Å². The molecule has 0 saturated heterocycles. The summed E-state index contributed by atoms with van der Waals surface area (Å²) in [7, 11) is -2.76. The molecule has 2 aromatic carbocycles. The maximum absolute atomic E-state index is 13.1. The minimum atomic E-state index is -4.07. The molecule has 128 valence electrons. The Balaban J connectivity index is 2.28. The van der Waals surface area contributed by atoms with E-state index in [1.54, 1.807) is 0 Å². The van der Waals surface area contributed by atoms with Gasteiger partial charge in [0.25, 0.3) is 16.1 Å². The number of carbonyl (C=O) groups excluding carboxylic acids is 1. The van der Waals surface area contributed by atoms with Crippen LogP contribution < -0.4 is 19.9 Å². The zero-order valence-electron chi connectivity index (χ0n) is 12.3. The molecule has 0 heterocycles. The Morgan fingerprint density at radius 3 is 2.42 bits per heavy atom. The summed E-state index contributed by atoms with van der Waals surface area (Å²) < 4.78 is 55.3. The first kappa shape index (κ1) is 17.6. The van der Waals surface area contributed by atoms with Crippen molar-refractivity contribution in [2.75, 3.05) is 17.1 Å². The number of nitrogens with one attached hydrogen (secondary N) is 2. The molecule has 0 unspecified atom stereocenters. The number of ether oxygens (including phenoxy) is 1. The van der Waals surface area contributed by atoms with E-state index in [0.717, 1.165) is 12.1 Å². The lowest BCUT2D eigenvalue weighted by atomic mass is 10.1. The predicted molar refractivity (Wildman–Crippen MR) is 84.0 cm³/mol. The molecular formula is C14H13F2N3O4S. The van der Waals surface area contributed by atoms with Crippen molar-refractivity contribution in [3.63, 3.8) is 0 Å². The van der Waals surface area contributed by atoms with Crippen LogP contribution in [-0.4, -0.2) is 21.4 Å². The number of rotatable bonds is 5. The molecule has 0 aliphatic heterocycles. The first-order valence-corrected chi connectivity index (χ1v) is 7.99. The van der Waals surface area contributed by atoms with Gasteiger partial charge < -0.3 is 10.1 Å². The zero-order chi connectivity index (χ0) is 17.9. The molecule has 2 rings (SSSR count). The fraction of sp³-hybridized carbons (Fsp3) is 0.0714. The van der Waals surface area contributed by atoms with Crippen molar-refractivity contribution in [1.82, 2.24) is 0 Å². The highest BCUT2D eigenvalue weighted by molar-refractivity contribution is 7.90. The maximum Gasteiger partial charge on any atom is 0.296 e. The summed E-state index contributed by atoms with van der Waals surface area (Å²) in [6, 6.07) is 6.78. The van der Waals surface area contributed by atoms with Crippen molar-refractivity contribution in [2.45, 2.75) is 0 Å². The topological polar surface area (TPSA) is 111 Å². The molecule has 0 bridgehead atoms. The van der Waals surface area contributed by atoms with Crippen LogP contribution in [0.3, 0.4) is 0 Å². The van der Waals surface area contributed by atoms with E-state index in [9.17, 15) is 22.0 Å². The van der Waals surface area contributed by atoms with Crippen LogP contribution in [0.15, 0.2) is 36.4 Å². The van der Waals surface area contributed by atoms with E-state index in [2.05, 4.69) is 5.32 Å². The lowest BCUT2D eigenvalue weighted by Gasteiger charge is -2.12. The average Bonchev–Trinajstić information content (AvgIpc) is 2.49. The molecule has 2 aromatic rings. The third kappa shape index (κ3) is 4.40. The average molecular weight is 357 g/mol. The van der Waals surface area contributed by atoms with Gasteiger partial charge in [-0.05, 0) is 30.3 Å². The summed E-state index contributed by atoms with van der Waals surface area (Å²) in [4.78, 5) is 12.2. The van der Waals surface area contributed by atoms with Gasteiger partial charge in [0.2, 0.25) is 0 Å². The van der Waals surface area contributed by atoms with Crippen molar-refractivity contribution < 1.29 is 26.7 Å². The number of methoxy groups -OCH3 is 1. The Hall–Kier alpha value is -2.72. The Labute approximate surface area is 136 Å². The van der Waals surface area contributed by atoms with Gasteiger partial charge in [-0.1, -0.05) is 0 Å². The van der Waals surface area contributed by atoms with Gasteiger partial charge in [0, 0.05) is 17.3 Å². The molecule has 0 atom stereocenters. The fourth-order valence-electron chi connectivity index (χ4n) is 1.86. The van der Waals surface area contributed by atoms with Gasteiger partial charge in [-0.2, -0.15) is 8.42 Å². The number of benzene rings is 2. The normalized spacial score (nSPS) is 11.0. The molecular weight excluding hydrogens is 344 g/mol. The molecule has 24 heavy (non-hydrogen) atoms. The standard InChI is InChI=1S/C14H13F2N3O4S/c1-23-13-5-2-8(6-12(13)19-24(17,21)22)14(20)18-9-3-4-10(15)11(16)7-9/h2-7,19H,1H3,(H,18,20)(H2,17,21,22). The Kier molecular flexibility index (Phi) is 5.00. The number of carbonyl (C=O) groups is 1. The first-order chi connectivity index (χ1) is 11.2. The van der Waals surface area contributed by atoms with Crippen LogP contribution in [0.1, 0.15) is 10.4 Å². The Bertz CT molecular complexity index is 888. The second-order valence-corrected chi connectivity index (χ2v) is 5.94. The molecule has 0 saturated carbocycles. The van der Waals surface area contributed by atoms with Crippen molar-refractivity contribution >= 4 is 27.5 Å². The van der Waals surface area contributed by atoms with Crippen molar-refractivity contribution in [3.05, 3.63) is 53.6 Å². The number of hydrogen-bond donors (Lipinski definition) is 3. The van der Waals surface area contributed by atoms with E-state index < -0.39 is 27.8 Å². The van der Waals surface area contributed by atoms with Crippen LogP contribution in [-0.2, 0) is 10.2 Å². The van der Waals surface area contributed by atoms with E-state index in [1.807, 2.05) is 4.72 Å². The summed E-state index contributed by atoms with van der Waals surface area (Å²) in [6.07, 6.45) is 0. The summed E-state index contributed by atoms with van der Waals surface area (Å²) in [6.45, 7) is 0. The van der Waals surface area contributed by atoms with Crippen molar-refractivity contribution in [3.8, 4) is 5.75 Å². The van der Waals surface area contributed by atoms with Crippen molar-refractivity contribution in [1.29, 1.82) is 0 Å². The van der Waals surface area contributed by atoms with Crippen LogP contribution >= 0.6 is 0 Å². The lowest BCUT2D eigenvalue weighted by Crippen LogP contribution is -2.22. The Morgan fingerprint density at radius 1 is 1.12 bits per heavy atom. The zero-order valence-corrected chi connectivity index (χ0v) is 13.2. The predicted octanol–water partition coefficient (Wildman–Crippen LogP) is 1.84. The third-order valence-electron chi connectivity index (χ3n) is 2.89. The van der Waals surface area contributed by atoms with Gasteiger partial charge in [-0.15, -0.1) is 0 Å². The van der Waals surface area contributed by atoms with Crippen LogP contribution in [0.4, 0.5) is 20.2 Å². The second kappa shape index (κ2) is 6.81. The maximum atomic E-state index is 13.1. The van der Waals surface area contributed by atoms with Crippen molar-refractivity contribution in [2.24, 2.45) is 5.14 Å². The highest BCUT2D eigenvalue weighted by Crippen LogP contribution is 2.26. The highest BCUT2D eigenvalue weighted by Gasteiger charge is 2.14. The van der Waals surface area contributed by atoms with E-state index >= 15 is 0 Å². The van der Waals surface area contributed by atoms with Gasteiger partial charge in [-0.25, -0.2) is 13.9 Å². The summed E-state index contributed by atoms with van der Waals surface area (Å²) in [5, 5.41) is 7.26. The van der Waals surface area contributed by atoms with Crippen LogP contribution in [0.25, 0.3) is 0 Å². The number of halogens is 2. The lowest BCUT2D eigenvalue weighted by molar-refractivity contribution is 0.102. The van der Waals surface area contributed by atoms with Gasteiger partial charge in [0.15, 0.2) is 11.6 Å². The van der Waals surface area contributed by atoms with Crippen LogP contribution in [0, 0.1) is 11.6 Å². The summed E-state index contributed by atoms with van der Waals surface area (Å²) in [5.41, 5.74) is 0.0419. The van der Waals surface area contributed by atoms with E-state index in [-0.39, 0.29) is 22.7 Å². The smallest absolute Gasteiger partial charge is 0.296 e. The summed E-state index contributed by atoms with van der Waals surface area (Å²) >= 11 is 0. The number of amides is 1. The molecule has 0 aromatic heterocycles. The highest BCUT2D eigenvalue weighted by atomic mass is 32.2. The molecule has 10 heteroatoms. The minimum Gasteiger partial charge on any atom is -0.495 e. The molecule has 4 N–H and O–H groups in total. The van der Waals surface area contributed by atoms with E-state index in [4.69, 9.17) is 9.88 Å². The quantitative estimate of drug-likeness (QED) is 0.758. The summed E-state index contributed by atoms with van der Waals surface area (Å²) in [5.74, 6) is -2.68. The van der Waals surface area contributed by atoms with Gasteiger partial charge in [0.1, 0.15) is 5.75 Å². The fourth-order valence-corrected chi connectivity index (χ4v) is 2.33.